The summed E-state index contributed by atoms with van der Waals surface area (Å²) < 4.78 is 44.8. The molecule has 2 aromatic carbocycles. The Morgan fingerprint density at radius 2 is 1.80 bits per heavy atom. The molecule has 2 amide bonds. The summed E-state index contributed by atoms with van der Waals surface area (Å²) >= 11 is 1.20. The van der Waals surface area contributed by atoms with Gasteiger partial charge in [0.1, 0.15) is 17.1 Å². The molecule has 35 heavy (non-hydrogen) atoms. The molecule has 188 valence electrons. The number of methoxy groups -OCH3 is 1. The largest absolute Gasteiger partial charge is 0.497 e. The fourth-order valence-electron chi connectivity index (χ4n) is 4.01. The van der Waals surface area contributed by atoms with Crippen LogP contribution in [0.25, 0.3) is 0 Å². The Morgan fingerprint density at radius 1 is 1.11 bits per heavy atom. The molecule has 2 unspecified atom stereocenters. The van der Waals surface area contributed by atoms with Crippen LogP contribution in [0.3, 0.4) is 0 Å². The maximum absolute atomic E-state index is 14.0. The van der Waals surface area contributed by atoms with Gasteiger partial charge >= 0.3 is 0 Å². The van der Waals surface area contributed by atoms with Crippen LogP contribution in [0.2, 0.25) is 0 Å². The average Bonchev–Trinajstić information content (AvgIpc) is 2.87. The van der Waals surface area contributed by atoms with Gasteiger partial charge in [0.15, 0.2) is 15.1 Å². The molecule has 0 saturated carbocycles. The molecule has 0 aliphatic carbocycles. The highest BCUT2D eigenvalue weighted by Crippen LogP contribution is 2.23. The van der Waals surface area contributed by atoms with Gasteiger partial charge in [-0.3, -0.25) is 14.9 Å². The summed E-state index contributed by atoms with van der Waals surface area (Å²) in [7, 11) is -2.40. The Hall–Kier alpha value is -2.83. The number of ether oxygens (including phenoxy) is 1. The topological polar surface area (TPSA) is 108 Å². The minimum absolute atomic E-state index is 0.0380. The molecule has 4 rings (SSSR count). The van der Waals surface area contributed by atoms with Crippen LogP contribution in [0.4, 0.5) is 10.1 Å². The van der Waals surface area contributed by atoms with Gasteiger partial charge in [0.2, 0.25) is 11.8 Å². The molecular formula is C23H27FN4O5S2. The second kappa shape index (κ2) is 10.8. The van der Waals surface area contributed by atoms with Crippen molar-refractivity contribution in [2.75, 3.05) is 50.5 Å². The zero-order chi connectivity index (χ0) is 25.0. The van der Waals surface area contributed by atoms with E-state index in [1.54, 1.807) is 23.1 Å². The van der Waals surface area contributed by atoms with Crippen LogP contribution < -0.4 is 20.3 Å². The summed E-state index contributed by atoms with van der Waals surface area (Å²) in [6.07, 6.45) is 0. The number of benzene rings is 2. The second-order valence-corrected chi connectivity index (χ2v) is 11.4. The molecule has 2 aromatic rings. The fourth-order valence-corrected chi connectivity index (χ4v) is 6.43. The predicted molar refractivity (Wildman–Crippen MR) is 132 cm³/mol. The van der Waals surface area contributed by atoms with E-state index >= 15 is 0 Å². The molecule has 9 nitrogen and oxygen atoms in total. The standard InChI is InChI=1S/C23H27FN4O5S2/c1-33-16-6-8-17(9-7-16)35(31,32)20-14-25-23(26-22(20)30)34-15-21(29)28-12-10-27(11-13-28)19-5-3-2-4-18(19)24/h2-9,20,23,25H,10-15H2,1H3,(H,26,30). The van der Waals surface area contributed by atoms with E-state index in [0.29, 0.717) is 37.6 Å². The second-order valence-electron chi connectivity index (χ2n) is 8.14. The molecule has 0 radical (unpaired) electrons. The number of halogens is 1. The number of piperazine rings is 1. The first-order valence-corrected chi connectivity index (χ1v) is 13.7. The smallest absolute Gasteiger partial charge is 0.241 e. The Balaban J connectivity index is 1.25. The number of amides is 2. The number of para-hydroxylation sites is 1. The van der Waals surface area contributed by atoms with Gasteiger partial charge in [0, 0.05) is 32.7 Å². The van der Waals surface area contributed by atoms with Crippen LogP contribution >= 0.6 is 11.8 Å². The lowest BCUT2D eigenvalue weighted by Gasteiger charge is -2.36. The van der Waals surface area contributed by atoms with Crippen molar-refractivity contribution in [3.8, 4) is 5.75 Å². The van der Waals surface area contributed by atoms with Crippen molar-refractivity contribution >= 4 is 39.1 Å². The maximum Gasteiger partial charge on any atom is 0.241 e. The monoisotopic (exact) mass is 522 g/mol. The first-order valence-electron chi connectivity index (χ1n) is 11.1. The third kappa shape index (κ3) is 5.71. The molecule has 12 heteroatoms. The number of rotatable bonds is 7. The van der Waals surface area contributed by atoms with Gasteiger partial charge in [-0.2, -0.15) is 0 Å². The van der Waals surface area contributed by atoms with E-state index in [4.69, 9.17) is 4.74 Å². The van der Waals surface area contributed by atoms with Crippen molar-refractivity contribution < 1.29 is 27.1 Å². The Kier molecular flexibility index (Phi) is 7.82. The first-order chi connectivity index (χ1) is 16.8. The van der Waals surface area contributed by atoms with E-state index in [0.717, 1.165) is 0 Å². The fraction of sp³-hybridized carbons (Fsp3) is 0.391. The number of hydrogen-bond acceptors (Lipinski definition) is 8. The molecule has 2 aliphatic rings. The molecular weight excluding hydrogens is 495 g/mol. The minimum atomic E-state index is -3.89. The van der Waals surface area contributed by atoms with E-state index in [9.17, 15) is 22.4 Å². The van der Waals surface area contributed by atoms with Crippen molar-refractivity contribution in [2.45, 2.75) is 15.6 Å². The zero-order valence-electron chi connectivity index (χ0n) is 19.1. The number of carbonyl (C=O) groups is 2. The lowest BCUT2D eigenvalue weighted by atomic mass is 10.2. The number of sulfone groups is 1. The van der Waals surface area contributed by atoms with Gasteiger partial charge < -0.3 is 19.9 Å². The summed E-state index contributed by atoms with van der Waals surface area (Å²) in [4.78, 5) is 28.9. The Labute approximate surface area is 207 Å². The van der Waals surface area contributed by atoms with Crippen molar-refractivity contribution in [2.24, 2.45) is 0 Å². The molecule has 0 spiro atoms. The van der Waals surface area contributed by atoms with Crippen molar-refractivity contribution in [3.63, 3.8) is 0 Å². The van der Waals surface area contributed by atoms with Crippen LogP contribution in [0.15, 0.2) is 53.4 Å². The van der Waals surface area contributed by atoms with Crippen LogP contribution in [0.5, 0.6) is 5.75 Å². The number of thioether (sulfide) groups is 1. The van der Waals surface area contributed by atoms with Crippen molar-refractivity contribution in [3.05, 3.63) is 54.3 Å². The molecule has 2 aliphatic heterocycles. The van der Waals surface area contributed by atoms with E-state index in [2.05, 4.69) is 10.6 Å². The van der Waals surface area contributed by atoms with Crippen LogP contribution in [-0.2, 0) is 19.4 Å². The molecule has 2 atom stereocenters. The molecule has 2 saturated heterocycles. The van der Waals surface area contributed by atoms with Gasteiger partial charge in [0.25, 0.3) is 0 Å². The lowest BCUT2D eigenvalue weighted by molar-refractivity contribution is -0.128. The highest BCUT2D eigenvalue weighted by atomic mass is 32.2. The quantitative estimate of drug-likeness (QED) is 0.556. The first kappa shape index (κ1) is 25.3. The lowest BCUT2D eigenvalue weighted by Crippen LogP contribution is -2.59. The number of hydrogen-bond donors (Lipinski definition) is 2. The van der Waals surface area contributed by atoms with Gasteiger partial charge in [-0.15, -0.1) is 11.8 Å². The summed E-state index contributed by atoms with van der Waals surface area (Å²) in [5.74, 6) is -0.345. The molecule has 2 heterocycles. The molecule has 0 aromatic heterocycles. The summed E-state index contributed by atoms with van der Waals surface area (Å²) in [6.45, 7) is 1.94. The summed E-state index contributed by atoms with van der Waals surface area (Å²) in [6, 6.07) is 12.4. The van der Waals surface area contributed by atoms with Gasteiger partial charge in [-0.1, -0.05) is 12.1 Å². The van der Waals surface area contributed by atoms with Crippen LogP contribution in [0.1, 0.15) is 0 Å². The summed E-state index contributed by atoms with van der Waals surface area (Å²) in [5.41, 5.74) is -0.0456. The Bertz CT molecular complexity index is 1170. The number of carbonyl (C=O) groups excluding carboxylic acids is 2. The average molecular weight is 523 g/mol. The summed E-state index contributed by atoms with van der Waals surface area (Å²) in [5, 5.41) is 4.38. The number of nitrogens with one attached hydrogen (secondary N) is 2. The molecule has 0 bridgehead atoms. The SMILES string of the molecule is COc1ccc(S(=O)(=O)C2CNC(SCC(=O)N3CCN(c4ccccc4F)CC3)NC2=O)cc1. The van der Waals surface area contributed by atoms with E-state index in [1.807, 2.05) is 4.90 Å². The van der Waals surface area contributed by atoms with Crippen LogP contribution in [0, 0.1) is 5.82 Å². The highest BCUT2D eigenvalue weighted by Gasteiger charge is 2.38. The molecule has 2 fully saturated rings. The maximum atomic E-state index is 14.0. The normalized spacial score (nSPS) is 20.9. The van der Waals surface area contributed by atoms with Crippen LogP contribution in [-0.4, -0.2) is 81.5 Å². The van der Waals surface area contributed by atoms with E-state index < -0.39 is 26.5 Å². The highest BCUT2D eigenvalue weighted by molar-refractivity contribution is 8.00. The minimum Gasteiger partial charge on any atom is -0.497 e. The third-order valence-corrected chi connectivity index (χ3v) is 9.11. The number of nitrogens with zero attached hydrogens (tertiary/aromatic N) is 2. The van der Waals surface area contributed by atoms with Crippen molar-refractivity contribution in [1.29, 1.82) is 0 Å². The number of anilines is 1. The molecule has 2 N–H and O–H groups in total. The van der Waals surface area contributed by atoms with E-state index in [1.165, 1.54) is 49.2 Å². The third-order valence-electron chi connectivity index (χ3n) is 6.02. The van der Waals surface area contributed by atoms with Crippen molar-refractivity contribution in [1.82, 2.24) is 15.5 Å². The predicted octanol–water partition coefficient (Wildman–Crippen LogP) is 1.06. The van der Waals surface area contributed by atoms with Gasteiger partial charge in [-0.05, 0) is 36.4 Å². The Morgan fingerprint density at radius 3 is 2.43 bits per heavy atom. The van der Waals surface area contributed by atoms with Gasteiger partial charge in [-0.25, -0.2) is 12.8 Å². The zero-order valence-corrected chi connectivity index (χ0v) is 20.8. The van der Waals surface area contributed by atoms with E-state index in [-0.39, 0.29) is 28.9 Å². The van der Waals surface area contributed by atoms with Gasteiger partial charge in [0.05, 0.1) is 23.4 Å².